The van der Waals surface area contributed by atoms with E-state index in [9.17, 15) is 0 Å². The molecule has 0 rings (SSSR count). The summed E-state index contributed by atoms with van der Waals surface area (Å²) in [7, 11) is 0. The Bertz CT molecular complexity index is 202. The van der Waals surface area contributed by atoms with E-state index in [4.69, 9.17) is 5.41 Å². The fraction of sp³-hybridized carbons (Fsp3) is 0.222. The van der Waals surface area contributed by atoms with Crippen LogP contribution in [-0.2, 0) is 0 Å². The van der Waals surface area contributed by atoms with E-state index >= 15 is 0 Å². The van der Waals surface area contributed by atoms with E-state index < -0.39 is 0 Å². The molecule has 0 aromatic heterocycles. The number of nitrogens with one attached hydrogen (secondary N) is 1. The molecule has 0 aromatic carbocycles. The topological polar surface area (TPSA) is 23.9 Å². The first-order chi connectivity index (χ1) is 5.26. The summed E-state index contributed by atoms with van der Waals surface area (Å²) in [4.78, 5) is 0. The van der Waals surface area contributed by atoms with Gasteiger partial charge in [-0.05, 0) is 13.2 Å². The van der Waals surface area contributed by atoms with Crippen LogP contribution in [0.2, 0.25) is 0 Å². The van der Waals surface area contributed by atoms with Gasteiger partial charge in [0.2, 0.25) is 0 Å². The third-order valence-electron chi connectivity index (χ3n) is 1.15. The van der Waals surface area contributed by atoms with Crippen LogP contribution in [0.3, 0.4) is 0 Å². The largest absolute Gasteiger partial charge is 0.293 e. The molecule has 0 aliphatic rings. The van der Waals surface area contributed by atoms with Crippen LogP contribution in [0.5, 0.6) is 0 Å². The van der Waals surface area contributed by atoms with Gasteiger partial charge in [0, 0.05) is 5.57 Å². The molecule has 0 unspecified atom stereocenters. The van der Waals surface area contributed by atoms with Gasteiger partial charge in [0.25, 0.3) is 0 Å². The van der Waals surface area contributed by atoms with Crippen molar-refractivity contribution in [2.45, 2.75) is 6.92 Å². The van der Waals surface area contributed by atoms with Gasteiger partial charge in [0.1, 0.15) is 0 Å². The Morgan fingerprint density at radius 3 is 2.55 bits per heavy atom. The van der Waals surface area contributed by atoms with Crippen LogP contribution in [0.4, 0.5) is 0 Å². The van der Waals surface area contributed by atoms with Gasteiger partial charge >= 0.3 is 0 Å². The van der Waals surface area contributed by atoms with Crippen LogP contribution in [0.1, 0.15) is 6.92 Å². The molecule has 0 saturated heterocycles. The van der Waals surface area contributed by atoms with Crippen molar-refractivity contribution in [3.05, 3.63) is 36.5 Å². The van der Waals surface area contributed by atoms with E-state index in [0.717, 1.165) is 5.57 Å². The van der Waals surface area contributed by atoms with E-state index in [1.54, 1.807) is 6.08 Å². The van der Waals surface area contributed by atoms with Crippen LogP contribution in [0.25, 0.3) is 0 Å². The average molecular weight is 167 g/mol. The highest BCUT2D eigenvalue weighted by molar-refractivity contribution is 8.13. The zero-order chi connectivity index (χ0) is 8.69. The van der Waals surface area contributed by atoms with Crippen LogP contribution < -0.4 is 0 Å². The van der Waals surface area contributed by atoms with Gasteiger partial charge in [0.05, 0.1) is 5.04 Å². The zero-order valence-corrected chi connectivity index (χ0v) is 7.74. The van der Waals surface area contributed by atoms with E-state index in [2.05, 4.69) is 6.58 Å². The third kappa shape index (κ3) is 3.83. The van der Waals surface area contributed by atoms with Crippen LogP contribution >= 0.6 is 11.8 Å². The summed E-state index contributed by atoms with van der Waals surface area (Å²) >= 11 is 1.42. The standard InChI is InChI=1S/C9H13NS/c1-4-6-7-8(5-2)9(10)11-3/h4-7,10H,2H2,1,3H3/b6-4-,8-7+,10-9?. The molecule has 2 heteroatoms. The van der Waals surface area contributed by atoms with E-state index in [0.29, 0.717) is 5.04 Å². The molecule has 0 fully saturated rings. The number of thioether (sulfide) groups is 1. The van der Waals surface area contributed by atoms with E-state index in [1.807, 2.05) is 31.4 Å². The highest BCUT2D eigenvalue weighted by Crippen LogP contribution is 2.08. The second-order valence-corrected chi connectivity index (χ2v) is 2.70. The average Bonchev–Trinajstić information content (AvgIpc) is 2.05. The first kappa shape index (κ1) is 10.2. The van der Waals surface area contributed by atoms with Gasteiger partial charge in [-0.3, -0.25) is 5.41 Å². The minimum atomic E-state index is 0.554. The van der Waals surface area contributed by atoms with Gasteiger partial charge in [-0.2, -0.15) is 0 Å². The summed E-state index contributed by atoms with van der Waals surface area (Å²) in [6.45, 7) is 5.57. The molecule has 0 aromatic rings. The Labute approximate surface area is 72.4 Å². The number of allylic oxidation sites excluding steroid dienone is 4. The van der Waals surface area contributed by atoms with Crippen molar-refractivity contribution in [3.63, 3.8) is 0 Å². The fourth-order valence-corrected chi connectivity index (χ4v) is 0.941. The zero-order valence-electron chi connectivity index (χ0n) is 6.92. The van der Waals surface area contributed by atoms with Gasteiger partial charge in [0.15, 0.2) is 0 Å². The molecule has 0 bridgehead atoms. The Hall–Kier alpha value is -0.760. The smallest absolute Gasteiger partial charge is 0.0939 e. The van der Waals surface area contributed by atoms with Crippen LogP contribution in [0.15, 0.2) is 36.5 Å². The predicted octanol–water partition coefficient (Wildman–Crippen LogP) is 3.02. The number of hydrogen-bond acceptors (Lipinski definition) is 2. The molecule has 1 nitrogen and oxygen atoms in total. The number of hydrogen-bond donors (Lipinski definition) is 1. The molecule has 0 atom stereocenters. The molecule has 0 saturated carbocycles. The third-order valence-corrected chi connectivity index (χ3v) is 1.80. The fourth-order valence-electron chi connectivity index (χ4n) is 0.554. The van der Waals surface area contributed by atoms with Gasteiger partial charge < -0.3 is 0 Å². The highest BCUT2D eigenvalue weighted by Gasteiger charge is 1.95. The maximum atomic E-state index is 7.46. The molecule has 0 aliphatic heterocycles. The molecule has 0 spiro atoms. The molecular formula is C9H13NS. The Balaban J connectivity index is 4.38. The van der Waals surface area contributed by atoms with Gasteiger partial charge in [-0.25, -0.2) is 0 Å². The van der Waals surface area contributed by atoms with Crippen LogP contribution in [-0.4, -0.2) is 11.3 Å². The van der Waals surface area contributed by atoms with Crippen molar-refractivity contribution in [1.29, 1.82) is 5.41 Å². The second kappa shape index (κ2) is 5.98. The minimum absolute atomic E-state index is 0.554. The molecule has 0 radical (unpaired) electrons. The molecule has 60 valence electrons. The molecule has 0 amide bonds. The lowest BCUT2D eigenvalue weighted by Gasteiger charge is -1.97. The van der Waals surface area contributed by atoms with Crippen molar-refractivity contribution in [2.75, 3.05) is 6.26 Å². The Morgan fingerprint density at radius 1 is 1.55 bits per heavy atom. The second-order valence-electron chi connectivity index (χ2n) is 1.89. The summed E-state index contributed by atoms with van der Waals surface area (Å²) in [6, 6.07) is 0. The van der Waals surface area contributed by atoms with Crippen molar-refractivity contribution >= 4 is 16.8 Å². The van der Waals surface area contributed by atoms with E-state index in [1.165, 1.54) is 11.8 Å². The van der Waals surface area contributed by atoms with Crippen molar-refractivity contribution < 1.29 is 0 Å². The summed E-state index contributed by atoms with van der Waals surface area (Å²) in [6.07, 6.45) is 9.29. The molecular weight excluding hydrogens is 154 g/mol. The molecule has 0 aliphatic carbocycles. The van der Waals surface area contributed by atoms with Crippen molar-refractivity contribution in [2.24, 2.45) is 0 Å². The molecule has 11 heavy (non-hydrogen) atoms. The normalized spacial score (nSPS) is 12.0. The lowest BCUT2D eigenvalue weighted by molar-refractivity contribution is 1.54. The first-order valence-electron chi connectivity index (χ1n) is 3.34. The van der Waals surface area contributed by atoms with Gasteiger partial charge in [-0.15, -0.1) is 11.8 Å². The van der Waals surface area contributed by atoms with E-state index in [-0.39, 0.29) is 0 Å². The first-order valence-corrected chi connectivity index (χ1v) is 4.57. The lowest BCUT2D eigenvalue weighted by atomic mass is 10.2. The lowest BCUT2D eigenvalue weighted by Crippen LogP contribution is -1.90. The number of rotatable bonds is 3. The van der Waals surface area contributed by atoms with Gasteiger partial charge in [-0.1, -0.05) is 30.9 Å². The predicted molar refractivity (Wildman–Crippen MR) is 54.3 cm³/mol. The van der Waals surface area contributed by atoms with Crippen molar-refractivity contribution in [1.82, 2.24) is 0 Å². The maximum Gasteiger partial charge on any atom is 0.0939 e. The maximum absolute atomic E-state index is 7.46. The quantitative estimate of drug-likeness (QED) is 0.390. The monoisotopic (exact) mass is 167 g/mol. The summed E-state index contributed by atoms with van der Waals surface area (Å²) < 4.78 is 0. The highest BCUT2D eigenvalue weighted by atomic mass is 32.2. The Kier molecular flexibility index (Phi) is 5.57. The Morgan fingerprint density at radius 2 is 2.18 bits per heavy atom. The summed E-state index contributed by atoms with van der Waals surface area (Å²) in [5.74, 6) is 0. The van der Waals surface area contributed by atoms with Crippen molar-refractivity contribution in [3.8, 4) is 0 Å². The minimum Gasteiger partial charge on any atom is -0.293 e. The molecule has 1 N–H and O–H groups in total. The molecule has 0 heterocycles. The van der Waals surface area contributed by atoms with Crippen LogP contribution in [0, 0.1) is 5.41 Å². The summed E-state index contributed by atoms with van der Waals surface area (Å²) in [5, 5.41) is 8.02. The summed E-state index contributed by atoms with van der Waals surface area (Å²) in [5.41, 5.74) is 0.871. The SMILES string of the molecule is C=C/C(=C\C=C/C)C(=N)SC.